The highest BCUT2D eigenvalue weighted by Crippen LogP contribution is 2.48. The fourth-order valence-electron chi connectivity index (χ4n) is 7.63. The van der Waals surface area contributed by atoms with E-state index in [0.29, 0.717) is 44.0 Å². The van der Waals surface area contributed by atoms with E-state index in [2.05, 4.69) is 28.7 Å². The molecule has 1 saturated carbocycles. The Hall–Kier alpha value is -2.56. The minimum atomic E-state index is -4.01. The number of anilines is 1. The summed E-state index contributed by atoms with van der Waals surface area (Å²) in [6, 6.07) is 5.05. The Morgan fingerprint density at radius 3 is 2.64 bits per heavy atom. The summed E-state index contributed by atoms with van der Waals surface area (Å²) in [4.78, 5) is 27.5. The molecule has 0 aromatic heterocycles. The lowest BCUT2D eigenvalue weighted by molar-refractivity contribution is -0.151. The van der Waals surface area contributed by atoms with Gasteiger partial charge in [0.25, 0.3) is 5.91 Å². The lowest BCUT2D eigenvalue weighted by Crippen LogP contribution is -2.52. The zero-order valence-corrected chi connectivity index (χ0v) is 28.1. The summed E-state index contributed by atoms with van der Waals surface area (Å²) in [5.74, 6) is -1.40. The third kappa shape index (κ3) is 7.38. The molecule has 2 unspecified atom stereocenters. The van der Waals surface area contributed by atoms with Crippen LogP contribution in [0, 0.1) is 29.1 Å². The van der Waals surface area contributed by atoms with Crippen molar-refractivity contribution in [1.29, 1.82) is 0 Å². The van der Waals surface area contributed by atoms with Crippen LogP contribution in [0.25, 0.3) is 0 Å². The Balaban J connectivity index is 1.56. The number of halogens is 1. The highest BCUT2D eigenvalue weighted by atomic mass is 35.5. The van der Waals surface area contributed by atoms with E-state index >= 15 is 0 Å². The molecule has 2 aliphatic heterocycles. The summed E-state index contributed by atoms with van der Waals surface area (Å²) in [7, 11) is -4.01. The predicted molar refractivity (Wildman–Crippen MR) is 175 cm³/mol. The monoisotopic (exact) mass is 662 g/mol. The number of nitrogens with one attached hydrogen (secondary N) is 1. The summed E-state index contributed by atoms with van der Waals surface area (Å²) in [6.45, 7) is 7.15. The van der Waals surface area contributed by atoms with Gasteiger partial charge in [0.15, 0.2) is 0 Å². The van der Waals surface area contributed by atoms with Crippen molar-refractivity contribution in [2.75, 3.05) is 24.6 Å². The number of carbonyl (C=O) groups is 2. The molecule has 0 radical (unpaired) electrons. The van der Waals surface area contributed by atoms with E-state index in [0.717, 1.165) is 37.1 Å². The number of carbonyl (C=O) groups excluding carboxylic acids is 1. The molecule has 1 amide bonds. The van der Waals surface area contributed by atoms with Crippen molar-refractivity contribution in [2.24, 2.45) is 29.1 Å². The zero-order valence-electron chi connectivity index (χ0n) is 26.5. The molecule has 2 bridgehead atoms. The number of hydrogen-bond acceptors (Lipinski definition) is 7. The number of nitrogens with zero attached hydrogens (tertiary/aromatic N) is 1. The zero-order chi connectivity index (χ0) is 32.6. The van der Waals surface area contributed by atoms with Gasteiger partial charge in [0.1, 0.15) is 5.75 Å². The average Bonchev–Trinajstić information content (AvgIpc) is 2.97. The van der Waals surface area contributed by atoms with Gasteiger partial charge in [0.2, 0.25) is 10.0 Å². The molecular formula is C34H47ClN2O7S. The summed E-state index contributed by atoms with van der Waals surface area (Å²) in [5, 5.41) is 21.5. The molecule has 1 aromatic carbocycles. The van der Waals surface area contributed by atoms with Gasteiger partial charge in [-0.15, -0.1) is 0 Å². The van der Waals surface area contributed by atoms with Gasteiger partial charge in [-0.05, 0) is 93.4 Å². The number of amides is 1. The van der Waals surface area contributed by atoms with E-state index in [1.54, 1.807) is 25.1 Å². The smallest absolute Gasteiger partial charge is 0.306 e. The molecule has 248 valence electrons. The van der Waals surface area contributed by atoms with E-state index in [9.17, 15) is 28.2 Å². The first kappa shape index (κ1) is 33.8. The number of aliphatic hydroxyl groups is 1. The van der Waals surface area contributed by atoms with Gasteiger partial charge < -0.3 is 19.8 Å². The van der Waals surface area contributed by atoms with Crippen molar-refractivity contribution < 1.29 is 33.0 Å². The maximum absolute atomic E-state index is 13.4. The molecule has 0 saturated heterocycles. The van der Waals surface area contributed by atoms with E-state index < -0.39 is 32.8 Å². The van der Waals surface area contributed by atoms with Crippen LogP contribution in [0.2, 0.25) is 0 Å². The number of sulfonamides is 1. The van der Waals surface area contributed by atoms with Gasteiger partial charge in [-0.3, -0.25) is 9.59 Å². The Labute approximate surface area is 272 Å². The molecule has 9 nitrogen and oxygen atoms in total. The van der Waals surface area contributed by atoms with Crippen molar-refractivity contribution in [2.45, 2.75) is 89.4 Å². The fraction of sp³-hybridized carbons (Fsp3) is 0.647. The molecular weight excluding hydrogens is 616 g/mol. The Morgan fingerprint density at radius 2 is 1.93 bits per heavy atom. The van der Waals surface area contributed by atoms with Gasteiger partial charge in [-0.25, -0.2) is 13.1 Å². The van der Waals surface area contributed by atoms with Gasteiger partial charge in [-0.2, -0.15) is 0 Å². The molecule has 2 heterocycles. The lowest BCUT2D eigenvalue weighted by Gasteiger charge is -2.49. The summed E-state index contributed by atoms with van der Waals surface area (Å²) in [5.41, 5.74) is -0.769. The second kappa shape index (κ2) is 13.3. The van der Waals surface area contributed by atoms with Crippen LogP contribution in [0.5, 0.6) is 5.75 Å². The third-order valence-corrected chi connectivity index (χ3v) is 13.1. The average molecular weight is 663 g/mol. The highest BCUT2D eigenvalue weighted by Gasteiger charge is 2.48. The highest BCUT2D eigenvalue weighted by molar-refractivity contribution is 7.90. The van der Waals surface area contributed by atoms with Crippen molar-refractivity contribution in [3.8, 4) is 5.75 Å². The number of carboxylic acids is 1. The second-order valence-corrected chi connectivity index (χ2v) is 16.6. The van der Waals surface area contributed by atoms with E-state index in [4.69, 9.17) is 16.3 Å². The van der Waals surface area contributed by atoms with Crippen LogP contribution in [0.3, 0.4) is 0 Å². The van der Waals surface area contributed by atoms with Crippen LogP contribution in [0.1, 0.15) is 88.9 Å². The summed E-state index contributed by atoms with van der Waals surface area (Å²) >= 11 is 6.40. The Morgan fingerprint density at radius 1 is 1.16 bits per heavy atom. The fourth-order valence-corrected chi connectivity index (χ4v) is 9.16. The minimum Gasteiger partial charge on any atom is -0.490 e. The molecule has 45 heavy (non-hydrogen) atoms. The predicted octanol–water partition coefficient (Wildman–Crippen LogP) is 5.87. The molecule has 7 atom stereocenters. The molecule has 1 aromatic rings. The van der Waals surface area contributed by atoms with Crippen LogP contribution in [0.4, 0.5) is 5.69 Å². The number of hydrogen-bond donors (Lipinski definition) is 3. The molecule has 5 rings (SSSR count). The topological polar surface area (TPSA) is 133 Å². The maximum Gasteiger partial charge on any atom is 0.306 e. The molecule has 1 fully saturated rings. The number of fused-ring (bicyclic) bond motifs is 3. The van der Waals surface area contributed by atoms with Crippen LogP contribution in [0.15, 0.2) is 41.5 Å². The molecule has 0 spiro atoms. The number of carboxylic acid groups (broad SMARTS) is 1. The largest absolute Gasteiger partial charge is 0.490 e. The van der Waals surface area contributed by atoms with Crippen molar-refractivity contribution in [3.05, 3.63) is 47.0 Å². The second-order valence-electron chi connectivity index (χ2n) is 14.1. The summed E-state index contributed by atoms with van der Waals surface area (Å²) in [6.07, 6.45) is 11.3. The number of allylic oxidation sites excluding steroid dienone is 3. The first-order chi connectivity index (χ1) is 21.2. The Kier molecular flexibility index (Phi) is 9.97. The molecule has 4 aliphatic rings. The minimum absolute atomic E-state index is 0.0548. The standard InChI is InChI=1S/C34H47ClN2O7S/c1-22-7-6-14-34(41,19-31(38)39)28-11-9-25(28)20-37-16-5-4-8-26-18-27(35)13-15-33(26,3)21-44-30-12-10-24(17-29(30)37)32(40)36-45(42,43)23(22)2/h10,12-13,15,17-18,22-23,25-26,28,41H,4-9,11,14,16,19-21H2,1-3H3,(H,36,40)(H,38,39)/t22-,23+,25-,26?,28+,33?,34+/m0/s1. The van der Waals surface area contributed by atoms with Crippen molar-refractivity contribution in [3.63, 3.8) is 0 Å². The number of aliphatic carboxylic acids is 1. The maximum atomic E-state index is 13.4. The van der Waals surface area contributed by atoms with Gasteiger partial charge >= 0.3 is 5.97 Å². The lowest BCUT2D eigenvalue weighted by atomic mass is 9.62. The van der Waals surface area contributed by atoms with Crippen LogP contribution < -0.4 is 14.4 Å². The number of rotatable bonds is 2. The SMILES string of the molecule is C[C@@H]1[C@@H](C)CCC[C@@](O)(CC(=O)O)[C@@H]2CC[C@H]2CN2CCCCC3C=C(Cl)C=CC3(C)COc3ccc(cc32)C(=O)NS1(=O)=O. The van der Waals surface area contributed by atoms with Gasteiger partial charge in [-0.1, -0.05) is 50.4 Å². The number of benzene rings is 1. The quantitative estimate of drug-likeness (QED) is 0.358. The molecule has 3 N–H and O–H groups in total. The normalized spacial score (nSPS) is 35.7. The number of ether oxygens (including phenoxy) is 1. The van der Waals surface area contributed by atoms with Crippen LogP contribution in [-0.4, -0.2) is 61.1 Å². The first-order valence-electron chi connectivity index (χ1n) is 16.3. The molecule has 11 heteroatoms. The summed E-state index contributed by atoms with van der Waals surface area (Å²) < 4.78 is 35.4. The van der Waals surface area contributed by atoms with Crippen LogP contribution in [-0.2, 0) is 14.8 Å². The van der Waals surface area contributed by atoms with Crippen LogP contribution >= 0.6 is 11.6 Å². The third-order valence-electron chi connectivity index (χ3n) is 10.9. The first-order valence-corrected chi connectivity index (χ1v) is 18.2. The van der Waals surface area contributed by atoms with E-state index in [1.165, 1.54) is 0 Å². The van der Waals surface area contributed by atoms with E-state index in [1.807, 2.05) is 13.0 Å². The van der Waals surface area contributed by atoms with Gasteiger partial charge in [0.05, 0.1) is 29.6 Å². The van der Waals surface area contributed by atoms with Crippen molar-refractivity contribution >= 4 is 39.2 Å². The van der Waals surface area contributed by atoms with E-state index in [-0.39, 0.29) is 47.5 Å². The molecule has 2 aliphatic carbocycles. The van der Waals surface area contributed by atoms with Gasteiger partial charge in [0, 0.05) is 29.1 Å². The Bertz CT molecular complexity index is 1460. The van der Waals surface area contributed by atoms with Crippen molar-refractivity contribution in [1.82, 2.24) is 4.72 Å².